The quantitative estimate of drug-likeness (QED) is 0.625. The molecule has 0 saturated carbocycles. The van der Waals surface area contributed by atoms with Gasteiger partial charge in [0.2, 0.25) is 0 Å². The molecule has 12 heavy (non-hydrogen) atoms. The summed E-state index contributed by atoms with van der Waals surface area (Å²) in [7, 11) is 2.95. The maximum atomic E-state index is 10.5. The molecule has 72 valence electrons. The first-order valence-electron chi connectivity index (χ1n) is 3.69. The predicted molar refractivity (Wildman–Crippen MR) is 43.1 cm³/mol. The highest BCUT2D eigenvalue weighted by molar-refractivity contribution is 5.64. The summed E-state index contributed by atoms with van der Waals surface area (Å²) in [6.45, 7) is 2.42. The van der Waals surface area contributed by atoms with Crippen LogP contribution in [0.4, 0.5) is 4.79 Å². The van der Waals surface area contributed by atoms with E-state index in [0.29, 0.717) is 6.54 Å². The highest BCUT2D eigenvalue weighted by Crippen LogP contribution is 1.97. The number of rotatable bonds is 5. The smallest absolute Gasteiger partial charge is 0.407 e. The normalized spacial score (nSPS) is 10.3. The second-order valence-corrected chi connectivity index (χ2v) is 2.22. The van der Waals surface area contributed by atoms with Crippen LogP contribution < -0.4 is 0 Å². The van der Waals surface area contributed by atoms with Crippen molar-refractivity contribution in [3.8, 4) is 0 Å². The van der Waals surface area contributed by atoms with Crippen molar-refractivity contribution in [3.63, 3.8) is 0 Å². The fourth-order valence-electron chi connectivity index (χ4n) is 0.768. The third-order valence-electron chi connectivity index (χ3n) is 1.55. The SMILES string of the molecule is CCN(CC(OC)OC)C(=O)O. The maximum Gasteiger partial charge on any atom is 0.407 e. The number of carbonyl (C=O) groups is 1. The molecule has 0 radical (unpaired) electrons. The van der Waals surface area contributed by atoms with Gasteiger partial charge >= 0.3 is 6.09 Å². The molecule has 0 bridgehead atoms. The van der Waals surface area contributed by atoms with Crippen molar-refractivity contribution in [2.45, 2.75) is 13.2 Å². The maximum absolute atomic E-state index is 10.5. The van der Waals surface area contributed by atoms with Crippen LogP contribution in [0.3, 0.4) is 0 Å². The molecule has 0 aromatic carbocycles. The Labute approximate surface area is 71.9 Å². The molecule has 0 unspecified atom stereocenters. The number of ether oxygens (including phenoxy) is 2. The van der Waals surface area contributed by atoms with Crippen molar-refractivity contribution < 1.29 is 19.4 Å². The van der Waals surface area contributed by atoms with Crippen LogP contribution in [0.15, 0.2) is 0 Å². The fourth-order valence-corrected chi connectivity index (χ4v) is 0.768. The minimum Gasteiger partial charge on any atom is -0.465 e. The summed E-state index contributed by atoms with van der Waals surface area (Å²) in [5, 5.41) is 8.63. The Bertz CT molecular complexity index is 135. The van der Waals surface area contributed by atoms with E-state index in [2.05, 4.69) is 0 Å². The molecule has 0 atom stereocenters. The van der Waals surface area contributed by atoms with Crippen molar-refractivity contribution >= 4 is 6.09 Å². The average Bonchev–Trinajstić information content (AvgIpc) is 2.06. The van der Waals surface area contributed by atoms with Gasteiger partial charge in [0.25, 0.3) is 0 Å². The Kier molecular flexibility index (Phi) is 5.40. The average molecular weight is 177 g/mol. The predicted octanol–water partition coefficient (Wildman–Crippen LogP) is 0.605. The topological polar surface area (TPSA) is 59.0 Å². The van der Waals surface area contributed by atoms with Crippen LogP contribution in [0.1, 0.15) is 6.92 Å². The molecule has 0 aromatic heterocycles. The van der Waals surface area contributed by atoms with Crippen LogP contribution in [0.2, 0.25) is 0 Å². The van der Waals surface area contributed by atoms with E-state index in [1.807, 2.05) is 0 Å². The lowest BCUT2D eigenvalue weighted by Gasteiger charge is -2.21. The van der Waals surface area contributed by atoms with Gasteiger partial charge in [-0.15, -0.1) is 0 Å². The van der Waals surface area contributed by atoms with Gasteiger partial charge in [-0.1, -0.05) is 0 Å². The van der Waals surface area contributed by atoms with E-state index in [1.165, 1.54) is 19.1 Å². The monoisotopic (exact) mass is 177 g/mol. The largest absolute Gasteiger partial charge is 0.465 e. The Morgan fingerprint density at radius 1 is 1.50 bits per heavy atom. The fraction of sp³-hybridized carbons (Fsp3) is 0.857. The van der Waals surface area contributed by atoms with E-state index in [4.69, 9.17) is 14.6 Å². The van der Waals surface area contributed by atoms with E-state index in [-0.39, 0.29) is 6.54 Å². The number of nitrogens with zero attached hydrogens (tertiary/aromatic N) is 1. The van der Waals surface area contributed by atoms with E-state index >= 15 is 0 Å². The summed E-state index contributed by atoms with van der Waals surface area (Å²) < 4.78 is 9.71. The molecule has 0 fully saturated rings. The second-order valence-electron chi connectivity index (χ2n) is 2.22. The first-order chi connectivity index (χ1) is 5.65. The zero-order chi connectivity index (χ0) is 9.56. The van der Waals surface area contributed by atoms with Crippen LogP contribution in [0, 0.1) is 0 Å². The summed E-state index contributed by atoms with van der Waals surface area (Å²) in [6, 6.07) is 0. The zero-order valence-corrected chi connectivity index (χ0v) is 7.61. The van der Waals surface area contributed by atoms with Gasteiger partial charge in [-0.05, 0) is 6.92 Å². The molecule has 0 aliphatic heterocycles. The van der Waals surface area contributed by atoms with Gasteiger partial charge in [0.1, 0.15) is 0 Å². The van der Waals surface area contributed by atoms with Gasteiger partial charge in [0.05, 0.1) is 6.54 Å². The van der Waals surface area contributed by atoms with Crippen LogP contribution in [-0.4, -0.2) is 49.7 Å². The molecule has 0 aromatic rings. The molecule has 0 saturated heterocycles. The molecular weight excluding hydrogens is 162 g/mol. The Hall–Kier alpha value is -0.810. The number of hydrogen-bond acceptors (Lipinski definition) is 3. The van der Waals surface area contributed by atoms with Gasteiger partial charge in [0, 0.05) is 20.8 Å². The standard InChI is InChI=1S/C7H15NO4/c1-4-8(7(9)10)5-6(11-2)12-3/h6H,4-5H2,1-3H3,(H,9,10). The zero-order valence-electron chi connectivity index (χ0n) is 7.61. The van der Waals surface area contributed by atoms with Gasteiger partial charge in [-0.25, -0.2) is 4.79 Å². The molecule has 0 aliphatic rings. The van der Waals surface area contributed by atoms with Gasteiger partial charge in [-0.3, -0.25) is 0 Å². The first-order valence-corrected chi connectivity index (χ1v) is 3.69. The molecule has 5 nitrogen and oxygen atoms in total. The molecule has 0 spiro atoms. The lowest BCUT2D eigenvalue weighted by Crippen LogP contribution is -2.37. The number of hydrogen-bond donors (Lipinski definition) is 1. The Balaban J connectivity index is 3.91. The molecule has 5 heteroatoms. The van der Waals surface area contributed by atoms with Crippen molar-refractivity contribution in [2.24, 2.45) is 0 Å². The summed E-state index contributed by atoms with van der Waals surface area (Å²) in [6.07, 6.45) is -1.45. The molecular formula is C7H15NO4. The number of carboxylic acid groups (broad SMARTS) is 1. The van der Waals surface area contributed by atoms with E-state index < -0.39 is 12.4 Å². The van der Waals surface area contributed by atoms with Gasteiger partial charge in [0.15, 0.2) is 6.29 Å². The highest BCUT2D eigenvalue weighted by atomic mass is 16.7. The summed E-state index contributed by atoms with van der Waals surface area (Å²) in [4.78, 5) is 11.7. The molecule has 1 N–H and O–H groups in total. The summed E-state index contributed by atoms with van der Waals surface area (Å²) >= 11 is 0. The van der Waals surface area contributed by atoms with E-state index in [9.17, 15) is 4.79 Å². The third kappa shape index (κ3) is 3.54. The number of methoxy groups -OCH3 is 2. The Morgan fingerprint density at radius 3 is 2.25 bits per heavy atom. The first kappa shape index (κ1) is 11.2. The Morgan fingerprint density at radius 2 is 2.00 bits per heavy atom. The molecule has 1 amide bonds. The number of amides is 1. The molecule has 0 rings (SSSR count). The van der Waals surface area contributed by atoms with Crippen LogP contribution in [0.5, 0.6) is 0 Å². The van der Waals surface area contributed by atoms with Gasteiger partial charge < -0.3 is 19.5 Å². The van der Waals surface area contributed by atoms with Crippen molar-refractivity contribution in [2.75, 3.05) is 27.3 Å². The van der Waals surface area contributed by atoms with Crippen molar-refractivity contribution in [1.29, 1.82) is 0 Å². The summed E-state index contributed by atoms with van der Waals surface area (Å²) in [5.74, 6) is 0. The van der Waals surface area contributed by atoms with Crippen molar-refractivity contribution in [3.05, 3.63) is 0 Å². The minimum absolute atomic E-state index is 0.235. The lowest BCUT2D eigenvalue weighted by molar-refractivity contribution is -0.112. The second kappa shape index (κ2) is 5.79. The van der Waals surface area contributed by atoms with Crippen LogP contribution in [0.25, 0.3) is 0 Å². The van der Waals surface area contributed by atoms with E-state index in [1.54, 1.807) is 6.92 Å². The third-order valence-corrected chi connectivity index (χ3v) is 1.55. The molecule has 0 aliphatic carbocycles. The van der Waals surface area contributed by atoms with Crippen molar-refractivity contribution in [1.82, 2.24) is 4.90 Å². The van der Waals surface area contributed by atoms with Crippen LogP contribution >= 0.6 is 0 Å². The molecule has 0 heterocycles. The number of likely N-dealkylation sites (N-methyl/N-ethyl adjacent to an activating group) is 1. The van der Waals surface area contributed by atoms with E-state index in [0.717, 1.165) is 0 Å². The highest BCUT2D eigenvalue weighted by Gasteiger charge is 2.15. The lowest BCUT2D eigenvalue weighted by atomic mass is 10.5. The summed E-state index contributed by atoms with van der Waals surface area (Å²) in [5.41, 5.74) is 0. The van der Waals surface area contributed by atoms with Gasteiger partial charge in [-0.2, -0.15) is 0 Å². The van der Waals surface area contributed by atoms with Crippen LogP contribution in [-0.2, 0) is 9.47 Å². The minimum atomic E-state index is -0.961.